The Bertz CT molecular complexity index is 1060. The highest BCUT2D eigenvalue weighted by Gasteiger charge is 2.46. The summed E-state index contributed by atoms with van der Waals surface area (Å²) < 4.78 is 15.7. The van der Waals surface area contributed by atoms with Gasteiger partial charge in [-0.1, -0.05) is 18.7 Å². The molecule has 0 bridgehead atoms. The molecule has 0 aromatic heterocycles. The molecule has 1 aliphatic heterocycles. The molecule has 1 fully saturated rings. The molecule has 1 atom stereocenters. The number of Topliss-reactive ketones (excluding diaryl/α,β-unsaturated/α-hetero) is 1. The molecule has 0 spiro atoms. The van der Waals surface area contributed by atoms with Crippen LogP contribution in [0.1, 0.15) is 23.6 Å². The molecule has 0 unspecified atom stereocenters. The van der Waals surface area contributed by atoms with Gasteiger partial charge >= 0.3 is 0 Å². The molecule has 0 radical (unpaired) electrons. The fourth-order valence-electron chi connectivity index (χ4n) is 3.72. The minimum atomic E-state index is -0.854. The van der Waals surface area contributed by atoms with Gasteiger partial charge in [0.1, 0.15) is 18.1 Å². The van der Waals surface area contributed by atoms with E-state index in [0.717, 1.165) is 0 Å². The lowest BCUT2D eigenvalue weighted by atomic mass is 9.95. The Labute approximate surface area is 192 Å². The van der Waals surface area contributed by atoms with Crippen LogP contribution in [0.25, 0.3) is 5.76 Å². The number of hydrogen-bond acceptors (Lipinski definition) is 7. The van der Waals surface area contributed by atoms with Crippen molar-refractivity contribution >= 4 is 17.4 Å². The van der Waals surface area contributed by atoms with E-state index in [0.29, 0.717) is 36.5 Å². The Kier molecular flexibility index (Phi) is 7.74. The molecule has 0 aliphatic carbocycles. The highest BCUT2D eigenvalue weighted by atomic mass is 16.5. The SMILES string of the molecule is C=CCOc1ccc(/C(O)=C2\C(=O)C(=O)N(CCCOC)[C@H]2c2ccc(O)c(OC)c2)cc1. The number of phenolic OH excluding ortho intramolecular Hbond substituents is 1. The summed E-state index contributed by atoms with van der Waals surface area (Å²) in [7, 11) is 2.96. The molecule has 1 amide bonds. The monoisotopic (exact) mass is 453 g/mol. The fourth-order valence-corrected chi connectivity index (χ4v) is 3.72. The van der Waals surface area contributed by atoms with E-state index in [2.05, 4.69) is 6.58 Å². The zero-order valence-corrected chi connectivity index (χ0v) is 18.6. The van der Waals surface area contributed by atoms with E-state index in [9.17, 15) is 19.8 Å². The van der Waals surface area contributed by atoms with Crippen molar-refractivity contribution in [3.8, 4) is 17.2 Å². The highest BCUT2D eigenvalue weighted by molar-refractivity contribution is 6.46. The van der Waals surface area contributed by atoms with Crippen molar-refractivity contribution in [3.63, 3.8) is 0 Å². The van der Waals surface area contributed by atoms with Crippen molar-refractivity contribution in [1.82, 2.24) is 4.90 Å². The molecule has 2 aromatic rings. The number of carbonyl (C=O) groups excluding carboxylic acids is 2. The van der Waals surface area contributed by atoms with E-state index in [1.807, 2.05) is 0 Å². The van der Waals surface area contributed by atoms with Gasteiger partial charge in [0, 0.05) is 25.8 Å². The van der Waals surface area contributed by atoms with E-state index >= 15 is 0 Å². The number of aliphatic hydroxyl groups is 1. The third-order valence-corrected chi connectivity index (χ3v) is 5.30. The van der Waals surface area contributed by atoms with Crippen LogP contribution < -0.4 is 9.47 Å². The van der Waals surface area contributed by atoms with Crippen LogP contribution in [-0.4, -0.2) is 60.8 Å². The van der Waals surface area contributed by atoms with Crippen LogP contribution in [-0.2, 0) is 14.3 Å². The Morgan fingerprint density at radius 3 is 2.52 bits per heavy atom. The molecule has 8 heteroatoms. The van der Waals surface area contributed by atoms with Gasteiger partial charge in [0.15, 0.2) is 11.5 Å². The van der Waals surface area contributed by atoms with Crippen LogP contribution in [0.4, 0.5) is 0 Å². The van der Waals surface area contributed by atoms with Gasteiger partial charge in [-0.15, -0.1) is 0 Å². The summed E-state index contributed by atoms with van der Waals surface area (Å²) >= 11 is 0. The Balaban J connectivity index is 2.08. The quantitative estimate of drug-likeness (QED) is 0.187. The first kappa shape index (κ1) is 23.9. The van der Waals surface area contributed by atoms with Crippen LogP contribution in [0.2, 0.25) is 0 Å². The van der Waals surface area contributed by atoms with Gasteiger partial charge in [-0.2, -0.15) is 0 Å². The summed E-state index contributed by atoms with van der Waals surface area (Å²) in [5.41, 5.74) is 0.852. The Morgan fingerprint density at radius 2 is 1.88 bits per heavy atom. The minimum Gasteiger partial charge on any atom is -0.507 e. The number of nitrogens with zero attached hydrogens (tertiary/aromatic N) is 1. The van der Waals surface area contributed by atoms with Crippen molar-refractivity contribution in [2.75, 3.05) is 34.0 Å². The van der Waals surface area contributed by atoms with Gasteiger partial charge in [0.2, 0.25) is 0 Å². The summed E-state index contributed by atoms with van der Waals surface area (Å²) in [4.78, 5) is 27.3. The zero-order chi connectivity index (χ0) is 24.0. The smallest absolute Gasteiger partial charge is 0.295 e. The summed E-state index contributed by atoms with van der Waals surface area (Å²) in [6.45, 7) is 4.58. The predicted molar refractivity (Wildman–Crippen MR) is 122 cm³/mol. The van der Waals surface area contributed by atoms with E-state index in [4.69, 9.17) is 14.2 Å². The number of rotatable bonds is 10. The number of carbonyl (C=O) groups is 2. The summed E-state index contributed by atoms with van der Waals surface area (Å²) in [6.07, 6.45) is 2.12. The van der Waals surface area contributed by atoms with Gasteiger partial charge in [-0.25, -0.2) is 0 Å². The lowest BCUT2D eigenvalue weighted by Gasteiger charge is -2.25. The third-order valence-electron chi connectivity index (χ3n) is 5.30. The highest BCUT2D eigenvalue weighted by Crippen LogP contribution is 2.41. The molecule has 33 heavy (non-hydrogen) atoms. The average molecular weight is 453 g/mol. The second kappa shape index (κ2) is 10.7. The summed E-state index contributed by atoms with van der Waals surface area (Å²) in [5.74, 6) is -1.10. The van der Waals surface area contributed by atoms with Crippen molar-refractivity contribution in [2.24, 2.45) is 0 Å². The van der Waals surface area contributed by atoms with Gasteiger partial charge in [0.05, 0.1) is 18.7 Å². The van der Waals surface area contributed by atoms with E-state index in [1.165, 1.54) is 18.1 Å². The molecule has 1 saturated heterocycles. The number of aliphatic hydroxyl groups excluding tert-OH is 1. The first-order chi connectivity index (χ1) is 15.9. The molecular formula is C25H27NO7. The number of ketones is 1. The number of phenols is 1. The van der Waals surface area contributed by atoms with E-state index in [1.54, 1.807) is 49.6 Å². The van der Waals surface area contributed by atoms with Crippen molar-refractivity contribution in [2.45, 2.75) is 12.5 Å². The molecule has 2 aromatic carbocycles. The first-order valence-electron chi connectivity index (χ1n) is 10.4. The number of ether oxygens (including phenoxy) is 3. The third kappa shape index (κ3) is 5.01. The fraction of sp³-hybridized carbons (Fsp3) is 0.280. The maximum absolute atomic E-state index is 13.0. The van der Waals surface area contributed by atoms with E-state index in [-0.39, 0.29) is 29.4 Å². The normalized spacial score (nSPS) is 17.3. The lowest BCUT2D eigenvalue weighted by Crippen LogP contribution is -2.31. The molecule has 174 valence electrons. The van der Waals surface area contributed by atoms with Crippen LogP contribution in [0.15, 0.2) is 60.7 Å². The molecule has 3 rings (SSSR count). The molecular weight excluding hydrogens is 426 g/mol. The van der Waals surface area contributed by atoms with Crippen LogP contribution >= 0.6 is 0 Å². The van der Waals surface area contributed by atoms with Crippen molar-refractivity contribution in [3.05, 3.63) is 71.8 Å². The lowest BCUT2D eigenvalue weighted by molar-refractivity contribution is -0.140. The number of hydrogen-bond donors (Lipinski definition) is 2. The van der Waals surface area contributed by atoms with Crippen LogP contribution in [0.3, 0.4) is 0 Å². The predicted octanol–water partition coefficient (Wildman–Crippen LogP) is 3.42. The number of amides is 1. The zero-order valence-electron chi connectivity index (χ0n) is 18.6. The number of likely N-dealkylation sites (tertiary alicyclic amines) is 1. The van der Waals surface area contributed by atoms with Crippen molar-refractivity contribution in [1.29, 1.82) is 0 Å². The standard InChI is InChI=1S/C25H27NO7/c1-4-13-33-18-9-6-16(7-10-18)23(28)21-22(17-8-11-19(27)20(15-17)32-3)26(12-5-14-31-2)25(30)24(21)29/h4,6-11,15,22,27-28H,1,5,12-14H2,2-3H3/b23-21+/t22-/m0/s1. The maximum Gasteiger partial charge on any atom is 0.295 e. The van der Waals surface area contributed by atoms with E-state index < -0.39 is 17.7 Å². The largest absolute Gasteiger partial charge is 0.507 e. The molecule has 0 saturated carbocycles. The van der Waals surface area contributed by atoms with Crippen LogP contribution in [0.5, 0.6) is 17.2 Å². The molecule has 8 nitrogen and oxygen atoms in total. The maximum atomic E-state index is 13.0. The van der Waals surface area contributed by atoms with Gasteiger partial charge < -0.3 is 29.3 Å². The van der Waals surface area contributed by atoms with Crippen LogP contribution in [0, 0.1) is 0 Å². The van der Waals surface area contributed by atoms with Crippen molar-refractivity contribution < 1.29 is 34.0 Å². The number of methoxy groups -OCH3 is 2. The number of benzene rings is 2. The second-order valence-electron chi connectivity index (χ2n) is 7.39. The Morgan fingerprint density at radius 1 is 1.15 bits per heavy atom. The summed E-state index contributed by atoms with van der Waals surface area (Å²) in [5, 5.41) is 21.1. The molecule has 1 aliphatic rings. The number of aromatic hydroxyl groups is 1. The molecule has 2 N–H and O–H groups in total. The van der Waals surface area contributed by atoms with Gasteiger partial charge in [0.25, 0.3) is 11.7 Å². The van der Waals surface area contributed by atoms with Gasteiger partial charge in [-0.3, -0.25) is 9.59 Å². The second-order valence-corrected chi connectivity index (χ2v) is 7.39. The summed E-state index contributed by atoms with van der Waals surface area (Å²) in [6, 6.07) is 10.3. The Hall–Kier alpha value is -3.78. The van der Waals surface area contributed by atoms with Gasteiger partial charge in [-0.05, 0) is 48.4 Å². The minimum absolute atomic E-state index is 0.0371. The topological polar surface area (TPSA) is 106 Å². The average Bonchev–Trinajstić information content (AvgIpc) is 3.08. The first-order valence-corrected chi connectivity index (χ1v) is 10.4. The molecule has 1 heterocycles.